The minimum atomic E-state index is -0.173. The Balaban J connectivity index is 2.27. The molecule has 0 aliphatic heterocycles. The van der Waals surface area contributed by atoms with Gasteiger partial charge in [0.2, 0.25) is 5.91 Å². The molecule has 0 aromatic heterocycles. The van der Waals surface area contributed by atoms with Gasteiger partial charge in [0.1, 0.15) is 0 Å². The minimum absolute atomic E-state index is 0.160. The van der Waals surface area contributed by atoms with Crippen molar-refractivity contribution in [2.24, 2.45) is 0 Å². The summed E-state index contributed by atoms with van der Waals surface area (Å²) in [4.78, 5) is 23.7. The van der Waals surface area contributed by atoms with E-state index in [2.05, 4.69) is 24.5 Å². The number of hydrogen-bond donors (Lipinski definition) is 2. The molecule has 0 radical (unpaired) electrons. The summed E-state index contributed by atoms with van der Waals surface area (Å²) < 4.78 is 0. The van der Waals surface area contributed by atoms with Gasteiger partial charge in [-0.15, -0.1) is 0 Å². The van der Waals surface area contributed by atoms with Gasteiger partial charge in [-0.2, -0.15) is 0 Å². The highest BCUT2D eigenvalue weighted by molar-refractivity contribution is 6.06. The fourth-order valence-corrected chi connectivity index (χ4v) is 2.53. The zero-order valence-corrected chi connectivity index (χ0v) is 13.8. The van der Waals surface area contributed by atoms with Crippen LogP contribution < -0.4 is 10.6 Å². The Labute approximate surface area is 136 Å². The van der Waals surface area contributed by atoms with Crippen molar-refractivity contribution in [3.8, 4) is 0 Å². The number of para-hydroxylation sites is 1. The molecule has 2 aromatic carbocycles. The molecule has 2 rings (SSSR count). The fourth-order valence-electron chi connectivity index (χ4n) is 2.53. The Hall–Kier alpha value is -2.62. The molecule has 2 N–H and O–H groups in total. The van der Waals surface area contributed by atoms with E-state index >= 15 is 0 Å². The number of carbonyl (C=O) groups is 2. The maximum Gasteiger partial charge on any atom is 0.255 e. The Morgan fingerprint density at radius 2 is 1.52 bits per heavy atom. The van der Waals surface area contributed by atoms with Crippen molar-refractivity contribution in [3.63, 3.8) is 0 Å². The molecule has 120 valence electrons. The van der Waals surface area contributed by atoms with E-state index in [1.807, 2.05) is 18.2 Å². The first kappa shape index (κ1) is 16.7. The molecule has 0 atom stereocenters. The molecule has 0 aliphatic rings. The highest BCUT2D eigenvalue weighted by Gasteiger charge is 2.12. The summed E-state index contributed by atoms with van der Waals surface area (Å²) in [5.74, 6) is -0.333. The maximum atomic E-state index is 12.6. The van der Waals surface area contributed by atoms with Crippen LogP contribution in [0, 0.1) is 0 Å². The van der Waals surface area contributed by atoms with Crippen LogP contribution >= 0.6 is 0 Å². The van der Waals surface area contributed by atoms with Gasteiger partial charge in [0.05, 0.1) is 0 Å². The van der Waals surface area contributed by atoms with Crippen molar-refractivity contribution in [2.75, 3.05) is 10.6 Å². The van der Waals surface area contributed by atoms with Crippen molar-refractivity contribution in [1.82, 2.24) is 0 Å². The van der Waals surface area contributed by atoms with Crippen molar-refractivity contribution >= 4 is 23.2 Å². The number of anilines is 2. The van der Waals surface area contributed by atoms with Crippen LogP contribution in [0.5, 0.6) is 0 Å². The SMILES string of the molecule is CCc1cccc(CC)c1NC(=O)c1cccc(NC(C)=O)c1. The summed E-state index contributed by atoms with van der Waals surface area (Å²) in [6.07, 6.45) is 1.71. The summed E-state index contributed by atoms with van der Waals surface area (Å²) in [5, 5.41) is 5.72. The molecule has 0 aliphatic carbocycles. The van der Waals surface area contributed by atoms with Crippen LogP contribution in [-0.2, 0) is 17.6 Å². The van der Waals surface area contributed by atoms with E-state index in [-0.39, 0.29) is 11.8 Å². The van der Waals surface area contributed by atoms with Crippen LogP contribution in [0.15, 0.2) is 42.5 Å². The number of benzene rings is 2. The lowest BCUT2D eigenvalue weighted by atomic mass is 10.0. The molecular weight excluding hydrogens is 288 g/mol. The number of hydrogen-bond acceptors (Lipinski definition) is 2. The zero-order chi connectivity index (χ0) is 16.8. The molecule has 23 heavy (non-hydrogen) atoms. The highest BCUT2D eigenvalue weighted by Crippen LogP contribution is 2.23. The predicted octanol–water partition coefficient (Wildman–Crippen LogP) is 4.02. The lowest BCUT2D eigenvalue weighted by molar-refractivity contribution is -0.114. The highest BCUT2D eigenvalue weighted by atomic mass is 16.2. The molecule has 2 aromatic rings. The predicted molar refractivity (Wildman–Crippen MR) is 93.9 cm³/mol. The topological polar surface area (TPSA) is 58.2 Å². The van der Waals surface area contributed by atoms with E-state index in [1.54, 1.807) is 24.3 Å². The number of aryl methyl sites for hydroxylation is 2. The molecule has 0 saturated carbocycles. The van der Waals surface area contributed by atoms with E-state index < -0.39 is 0 Å². The number of carbonyl (C=O) groups excluding carboxylic acids is 2. The second-order valence-corrected chi connectivity index (χ2v) is 5.37. The first-order chi connectivity index (χ1) is 11.0. The molecule has 4 nitrogen and oxygen atoms in total. The molecule has 0 fully saturated rings. The summed E-state index contributed by atoms with van der Waals surface area (Å²) in [6, 6.07) is 13.0. The molecule has 0 saturated heterocycles. The van der Waals surface area contributed by atoms with Gasteiger partial charge in [-0.3, -0.25) is 9.59 Å². The van der Waals surface area contributed by atoms with E-state index in [0.29, 0.717) is 11.3 Å². The summed E-state index contributed by atoms with van der Waals surface area (Å²) in [6.45, 7) is 5.58. The van der Waals surface area contributed by atoms with Crippen LogP contribution in [0.4, 0.5) is 11.4 Å². The number of nitrogens with one attached hydrogen (secondary N) is 2. The monoisotopic (exact) mass is 310 g/mol. The van der Waals surface area contributed by atoms with Gasteiger partial charge in [-0.25, -0.2) is 0 Å². The van der Waals surface area contributed by atoms with Crippen LogP contribution in [0.25, 0.3) is 0 Å². The van der Waals surface area contributed by atoms with E-state index in [0.717, 1.165) is 29.7 Å². The van der Waals surface area contributed by atoms with Crippen molar-refractivity contribution < 1.29 is 9.59 Å². The summed E-state index contributed by atoms with van der Waals surface area (Å²) >= 11 is 0. The zero-order valence-electron chi connectivity index (χ0n) is 13.8. The Kier molecular flexibility index (Phi) is 5.52. The average molecular weight is 310 g/mol. The normalized spacial score (nSPS) is 10.2. The first-order valence-electron chi connectivity index (χ1n) is 7.84. The van der Waals surface area contributed by atoms with Gasteiger partial charge in [0, 0.05) is 23.9 Å². The standard InChI is InChI=1S/C19H22N2O2/c1-4-14-8-6-9-15(5-2)18(14)21-19(23)16-10-7-11-17(12-16)20-13(3)22/h6-12H,4-5H2,1-3H3,(H,20,22)(H,21,23). The third kappa shape index (κ3) is 4.19. The van der Waals surface area contributed by atoms with Gasteiger partial charge in [-0.1, -0.05) is 38.1 Å². The fraction of sp³-hybridized carbons (Fsp3) is 0.263. The van der Waals surface area contributed by atoms with Crippen molar-refractivity contribution in [2.45, 2.75) is 33.6 Å². The first-order valence-corrected chi connectivity index (χ1v) is 7.84. The van der Waals surface area contributed by atoms with Crippen molar-refractivity contribution in [1.29, 1.82) is 0 Å². The minimum Gasteiger partial charge on any atom is -0.326 e. The molecule has 0 heterocycles. The smallest absolute Gasteiger partial charge is 0.255 e. The molecular formula is C19H22N2O2. The van der Waals surface area contributed by atoms with E-state index in [4.69, 9.17) is 0 Å². The Bertz CT molecular complexity index is 701. The van der Waals surface area contributed by atoms with Crippen LogP contribution in [0.2, 0.25) is 0 Å². The van der Waals surface area contributed by atoms with Crippen molar-refractivity contribution in [3.05, 3.63) is 59.2 Å². The van der Waals surface area contributed by atoms with E-state index in [1.165, 1.54) is 6.92 Å². The number of rotatable bonds is 5. The third-order valence-electron chi connectivity index (χ3n) is 3.68. The Morgan fingerprint density at radius 3 is 2.09 bits per heavy atom. The van der Waals surface area contributed by atoms with Crippen LogP contribution in [0.1, 0.15) is 42.3 Å². The van der Waals surface area contributed by atoms with Gasteiger partial charge in [-0.05, 0) is 42.2 Å². The maximum absolute atomic E-state index is 12.6. The second-order valence-electron chi connectivity index (χ2n) is 5.37. The largest absolute Gasteiger partial charge is 0.326 e. The molecule has 2 amide bonds. The van der Waals surface area contributed by atoms with Gasteiger partial charge in [0.25, 0.3) is 5.91 Å². The van der Waals surface area contributed by atoms with E-state index in [9.17, 15) is 9.59 Å². The summed E-state index contributed by atoms with van der Waals surface area (Å²) in [5.41, 5.74) is 4.27. The average Bonchev–Trinajstić information content (AvgIpc) is 2.54. The molecule has 0 spiro atoms. The molecule has 4 heteroatoms. The molecule has 0 bridgehead atoms. The van der Waals surface area contributed by atoms with Gasteiger partial charge >= 0.3 is 0 Å². The number of amides is 2. The quantitative estimate of drug-likeness (QED) is 0.876. The lowest BCUT2D eigenvalue weighted by Gasteiger charge is -2.14. The molecule has 0 unspecified atom stereocenters. The van der Waals surface area contributed by atoms with Gasteiger partial charge < -0.3 is 10.6 Å². The van der Waals surface area contributed by atoms with Crippen LogP contribution in [-0.4, -0.2) is 11.8 Å². The second kappa shape index (κ2) is 7.58. The summed E-state index contributed by atoms with van der Waals surface area (Å²) in [7, 11) is 0. The lowest BCUT2D eigenvalue weighted by Crippen LogP contribution is -2.15. The van der Waals surface area contributed by atoms with Gasteiger partial charge in [0.15, 0.2) is 0 Å². The Morgan fingerprint density at radius 1 is 0.913 bits per heavy atom. The van der Waals surface area contributed by atoms with Crippen LogP contribution in [0.3, 0.4) is 0 Å². The third-order valence-corrected chi connectivity index (χ3v) is 3.68.